The summed E-state index contributed by atoms with van der Waals surface area (Å²) in [5, 5.41) is 2.72. The molecule has 1 aliphatic heterocycles. The molecule has 2 heterocycles. The first-order valence-corrected chi connectivity index (χ1v) is 9.44. The fourth-order valence-corrected chi connectivity index (χ4v) is 4.42. The number of aromatic nitrogens is 1. The second-order valence-corrected chi connectivity index (χ2v) is 8.15. The van der Waals surface area contributed by atoms with Crippen LogP contribution >= 0.6 is 0 Å². The molecule has 1 aromatic carbocycles. The molecule has 0 saturated carbocycles. The Kier molecular flexibility index (Phi) is 4.62. The predicted molar refractivity (Wildman–Crippen MR) is 88.0 cm³/mol. The van der Waals surface area contributed by atoms with Crippen LogP contribution in [0.25, 0.3) is 0 Å². The van der Waals surface area contributed by atoms with Crippen LogP contribution in [0.15, 0.2) is 42.7 Å². The van der Waals surface area contributed by atoms with Gasteiger partial charge in [0.15, 0.2) is 9.84 Å². The van der Waals surface area contributed by atoms with Crippen molar-refractivity contribution in [3.05, 3.63) is 65.2 Å². The number of carbonyl (C=O) groups excluding carboxylic acids is 1. The molecular formula is C17H17FN2O3S. The summed E-state index contributed by atoms with van der Waals surface area (Å²) < 4.78 is 36.6. The van der Waals surface area contributed by atoms with E-state index in [1.165, 1.54) is 12.3 Å². The number of halogens is 1. The molecule has 0 aliphatic carbocycles. The van der Waals surface area contributed by atoms with Crippen molar-refractivity contribution in [1.82, 2.24) is 10.3 Å². The molecule has 0 radical (unpaired) electrons. The summed E-state index contributed by atoms with van der Waals surface area (Å²) in [6.07, 6.45) is 3.77. The van der Waals surface area contributed by atoms with Crippen LogP contribution in [-0.2, 0) is 16.3 Å². The van der Waals surface area contributed by atoms with E-state index in [0.29, 0.717) is 29.5 Å². The first kappa shape index (κ1) is 16.6. The van der Waals surface area contributed by atoms with Gasteiger partial charge in [-0.3, -0.25) is 9.78 Å². The average molecular weight is 348 g/mol. The van der Waals surface area contributed by atoms with Crippen LogP contribution in [0.2, 0.25) is 0 Å². The second-order valence-electron chi connectivity index (χ2n) is 5.92. The van der Waals surface area contributed by atoms with Gasteiger partial charge in [-0.2, -0.15) is 0 Å². The fraction of sp³-hybridized carbons (Fsp3) is 0.294. The van der Waals surface area contributed by atoms with Crippen LogP contribution in [0.4, 0.5) is 4.39 Å². The van der Waals surface area contributed by atoms with Gasteiger partial charge in [-0.25, -0.2) is 12.8 Å². The van der Waals surface area contributed by atoms with Crippen LogP contribution in [0.1, 0.15) is 27.9 Å². The molecule has 3 rings (SSSR count). The van der Waals surface area contributed by atoms with Crippen molar-refractivity contribution in [2.24, 2.45) is 0 Å². The third-order valence-corrected chi connectivity index (χ3v) is 5.75. The van der Waals surface area contributed by atoms with E-state index in [-0.39, 0.29) is 29.3 Å². The van der Waals surface area contributed by atoms with Gasteiger partial charge in [0.25, 0.3) is 5.91 Å². The van der Waals surface area contributed by atoms with Gasteiger partial charge in [0.05, 0.1) is 17.1 Å². The number of nitrogens with one attached hydrogen (secondary N) is 1. The number of rotatable bonds is 4. The van der Waals surface area contributed by atoms with E-state index in [4.69, 9.17) is 0 Å². The minimum atomic E-state index is -3.05. The Hall–Kier alpha value is -2.28. The maximum Gasteiger partial charge on any atom is 0.253 e. The number of hydrogen-bond donors (Lipinski definition) is 1. The first-order valence-electron chi connectivity index (χ1n) is 7.61. The minimum Gasteiger partial charge on any atom is -0.348 e. The zero-order chi connectivity index (χ0) is 17.2. The lowest BCUT2D eigenvalue weighted by Gasteiger charge is -2.11. The van der Waals surface area contributed by atoms with Crippen LogP contribution in [0, 0.1) is 5.82 Å². The van der Waals surface area contributed by atoms with Gasteiger partial charge >= 0.3 is 0 Å². The maximum absolute atomic E-state index is 13.7. The number of benzene rings is 1. The maximum atomic E-state index is 13.7. The van der Waals surface area contributed by atoms with E-state index in [2.05, 4.69) is 10.3 Å². The molecule has 24 heavy (non-hydrogen) atoms. The molecule has 126 valence electrons. The van der Waals surface area contributed by atoms with Crippen molar-refractivity contribution in [2.75, 3.05) is 11.5 Å². The van der Waals surface area contributed by atoms with Crippen LogP contribution in [0.3, 0.4) is 0 Å². The van der Waals surface area contributed by atoms with E-state index in [1.54, 1.807) is 30.5 Å². The number of sulfone groups is 1. The Bertz CT molecular complexity index is 868. The summed E-state index contributed by atoms with van der Waals surface area (Å²) >= 11 is 0. The van der Waals surface area contributed by atoms with E-state index in [1.807, 2.05) is 0 Å². The fourth-order valence-electron chi connectivity index (χ4n) is 2.75. The van der Waals surface area contributed by atoms with Gasteiger partial charge in [0.1, 0.15) is 5.82 Å². The Morgan fingerprint density at radius 1 is 1.29 bits per heavy atom. The van der Waals surface area contributed by atoms with Crippen molar-refractivity contribution < 1.29 is 17.6 Å². The Balaban J connectivity index is 1.71. The molecule has 2 aromatic rings. The van der Waals surface area contributed by atoms with Gasteiger partial charge in [-0.15, -0.1) is 0 Å². The molecule has 7 heteroatoms. The van der Waals surface area contributed by atoms with Gasteiger partial charge in [0.2, 0.25) is 0 Å². The average Bonchev–Trinajstić information content (AvgIpc) is 2.88. The quantitative estimate of drug-likeness (QED) is 0.913. The summed E-state index contributed by atoms with van der Waals surface area (Å²) in [7, 11) is -3.05. The molecule has 1 aliphatic rings. The van der Waals surface area contributed by atoms with E-state index in [9.17, 15) is 17.6 Å². The van der Waals surface area contributed by atoms with E-state index >= 15 is 0 Å². The molecule has 1 aromatic heterocycles. The number of pyridine rings is 1. The number of amides is 1. The SMILES string of the molecule is O=C(N[C@H]1CCS(=O)(=O)C1)c1cncc(Cc2ccccc2F)c1. The summed E-state index contributed by atoms with van der Waals surface area (Å²) in [6.45, 7) is 0. The zero-order valence-corrected chi connectivity index (χ0v) is 13.7. The Labute approximate surface area is 139 Å². The normalized spacial score (nSPS) is 19.1. The van der Waals surface area contributed by atoms with Crippen molar-refractivity contribution in [3.8, 4) is 0 Å². The van der Waals surface area contributed by atoms with Gasteiger partial charge in [-0.05, 0) is 29.7 Å². The molecule has 1 atom stereocenters. The molecule has 5 nitrogen and oxygen atoms in total. The highest BCUT2D eigenvalue weighted by Gasteiger charge is 2.29. The predicted octanol–water partition coefficient (Wildman–Crippen LogP) is 1.73. The summed E-state index contributed by atoms with van der Waals surface area (Å²) in [4.78, 5) is 16.3. The van der Waals surface area contributed by atoms with Gasteiger partial charge < -0.3 is 5.32 Å². The summed E-state index contributed by atoms with van der Waals surface area (Å²) in [5.41, 5.74) is 1.58. The lowest BCUT2D eigenvalue weighted by Crippen LogP contribution is -2.35. The van der Waals surface area contributed by atoms with Gasteiger partial charge in [-0.1, -0.05) is 18.2 Å². The summed E-state index contributed by atoms with van der Waals surface area (Å²) in [5.74, 6) is -0.589. The molecule has 1 amide bonds. The van der Waals surface area contributed by atoms with E-state index in [0.717, 1.165) is 0 Å². The van der Waals surface area contributed by atoms with Crippen molar-refractivity contribution in [1.29, 1.82) is 0 Å². The second kappa shape index (κ2) is 6.68. The molecule has 1 N–H and O–H groups in total. The highest BCUT2D eigenvalue weighted by atomic mass is 32.2. The molecule has 0 spiro atoms. The zero-order valence-electron chi connectivity index (χ0n) is 12.9. The smallest absolute Gasteiger partial charge is 0.253 e. The molecule has 1 saturated heterocycles. The van der Waals surface area contributed by atoms with Crippen molar-refractivity contribution in [3.63, 3.8) is 0 Å². The first-order chi connectivity index (χ1) is 11.4. The van der Waals surface area contributed by atoms with Crippen LogP contribution in [-0.4, -0.2) is 36.9 Å². The highest BCUT2D eigenvalue weighted by Crippen LogP contribution is 2.15. The number of carbonyl (C=O) groups is 1. The Morgan fingerprint density at radius 3 is 2.79 bits per heavy atom. The number of nitrogens with zero attached hydrogens (tertiary/aromatic N) is 1. The molecule has 1 fully saturated rings. The van der Waals surface area contributed by atoms with Crippen molar-refractivity contribution >= 4 is 15.7 Å². The lowest BCUT2D eigenvalue weighted by molar-refractivity contribution is 0.0940. The van der Waals surface area contributed by atoms with Crippen LogP contribution < -0.4 is 5.32 Å². The van der Waals surface area contributed by atoms with Crippen LogP contribution in [0.5, 0.6) is 0 Å². The third kappa shape index (κ3) is 3.97. The highest BCUT2D eigenvalue weighted by molar-refractivity contribution is 7.91. The molecule has 0 bridgehead atoms. The topological polar surface area (TPSA) is 76.1 Å². The lowest BCUT2D eigenvalue weighted by atomic mass is 10.0. The monoisotopic (exact) mass is 348 g/mol. The standard InChI is InChI=1S/C17H17FN2O3S/c18-16-4-2-1-3-13(16)7-12-8-14(10-19-9-12)17(21)20-15-5-6-24(22,23)11-15/h1-4,8-10,15H,5-7,11H2,(H,20,21)/t15-/m0/s1. The minimum absolute atomic E-state index is 0.0267. The third-order valence-electron chi connectivity index (χ3n) is 3.98. The number of hydrogen-bond acceptors (Lipinski definition) is 4. The van der Waals surface area contributed by atoms with Gasteiger partial charge in [0, 0.05) is 24.9 Å². The molecular weight excluding hydrogens is 331 g/mol. The van der Waals surface area contributed by atoms with Crippen molar-refractivity contribution in [2.45, 2.75) is 18.9 Å². The summed E-state index contributed by atoms with van der Waals surface area (Å²) in [6, 6.07) is 7.74. The molecule has 0 unspecified atom stereocenters. The largest absolute Gasteiger partial charge is 0.348 e. The van der Waals surface area contributed by atoms with E-state index < -0.39 is 9.84 Å². The Morgan fingerprint density at radius 2 is 2.08 bits per heavy atom.